The minimum absolute atomic E-state index is 0.384. The van der Waals surface area contributed by atoms with E-state index in [0.717, 1.165) is 5.46 Å². The third kappa shape index (κ3) is 3.22. The molecule has 2 rings (SSSR count). The maximum Gasteiger partial charge on any atom is 0.494 e. The van der Waals surface area contributed by atoms with Gasteiger partial charge in [0.15, 0.2) is 6.10 Å². The third-order valence-corrected chi connectivity index (χ3v) is 4.07. The van der Waals surface area contributed by atoms with Crippen molar-refractivity contribution in [2.45, 2.75) is 51.9 Å². The maximum atomic E-state index is 10.8. The molecule has 1 heterocycles. The number of aliphatic carboxylic acids is 1. The van der Waals surface area contributed by atoms with Crippen LogP contribution in [-0.2, 0) is 14.1 Å². The fourth-order valence-corrected chi connectivity index (χ4v) is 1.94. The molecule has 1 saturated heterocycles. The number of carboxylic acids is 1. The van der Waals surface area contributed by atoms with Gasteiger partial charge in [0.05, 0.1) is 11.2 Å². The first-order valence-electron chi connectivity index (χ1n) is 6.97. The van der Waals surface area contributed by atoms with Crippen molar-refractivity contribution < 1.29 is 23.9 Å². The SMILES string of the molecule is CC(Oc1ccc(B2OC(C)(C)C(C)(C)O2)cc1)C(=O)O. The zero-order valence-corrected chi connectivity index (χ0v) is 13.0. The van der Waals surface area contributed by atoms with Gasteiger partial charge in [-0.1, -0.05) is 12.1 Å². The normalized spacial score (nSPS) is 21.1. The van der Waals surface area contributed by atoms with Gasteiger partial charge in [0.25, 0.3) is 0 Å². The Hall–Kier alpha value is -1.53. The van der Waals surface area contributed by atoms with Crippen LogP contribution in [0.5, 0.6) is 5.75 Å². The number of ether oxygens (including phenoxy) is 1. The second kappa shape index (κ2) is 5.35. The van der Waals surface area contributed by atoms with Gasteiger partial charge >= 0.3 is 13.1 Å². The van der Waals surface area contributed by atoms with Gasteiger partial charge in [0, 0.05) is 0 Å². The number of hydrogen-bond donors (Lipinski definition) is 1. The summed E-state index contributed by atoms with van der Waals surface area (Å²) in [5.41, 5.74) is 0.110. The van der Waals surface area contributed by atoms with E-state index in [2.05, 4.69) is 0 Å². The first-order chi connectivity index (χ1) is 9.62. The molecule has 0 amide bonds. The molecule has 5 nitrogen and oxygen atoms in total. The Morgan fingerprint density at radius 3 is 2.05 bits per heavy atom. The van der Waals surface area contributed by atoms with Crippen LogP contribution in [0.3, 0.4) is 0 Å². The average molecular weight is 292 g/mol. The standard InChI is InChI=1S/C15H21BO5/c1-10(13(17)18)19-12-8-6-11(7-9-12)16-20-14(2,3)15(4,5)21-16/h6-10H,1-5H3,(H,17,18). The van der Waals surface area contributed by atoms with Gasteiger partial charge in [0.1, 0.15) is 5.75 Å². The zero-order chi connectivity index (χ0) is 15.8. The number of carboxylic acid groups (broad SMARTS) is 1. The van der Waals surface area contributed by atoms with E-state index in [0.29, 0.717) is 5.75 Å². The van der Waals surface area contributed by atoms with Crippen molar-refractivity contribution in [1.29, 1.82) is 0 Å². The second-order valence-corrected chi connectivity index (χ2v) is 6.26. The molecule has 1 aromatic rings. The molecule has 1 atom stereocenters. The fourth-order valence-electron chi connectivity index (χ4n) is 1.94. The molecule has 6 heteroatoms. The van der Waals surface area contributed by atoms with Crippen LogP contribution in [0.4, 0.5) is 0 Å². The predicted octanol–water partition coefficient (Wildman–Crippen LogP) is 1.84. The molecule has 1 N–H and O–H groups in total. The molecular weight excluding hydrogens is 271 g/mol. The van der Waals surface area contributed by atoms with Gasteiger partial charge in [-0.3, -0.25) is 0 Å². The van der Waals surface area contributed by atoms with E-state index in [-0.39, 0.29) is 11.2 Å². The molecule has 0 saturated carbocycles. The van der Waals surface area contributed by atoms with E-state index in [1.165, 1.54) is 6.92 Å². The Balaban J connectivity index is 2.09. The van der Waals surface area contributed by atoms with E-state index in [4.69, 9.17) is 19.2 Å². The maximum absolute atomic E-state index is 10.8. The molecule has 1 aromatic carbocycles. The van der Waals surface area contributed by atoms with Crippen molar-refractivity contribution in [3.8, 4) is 5.75 Å². The lowest BCUT2D eigenvalue weighted by Gasteiger charge is -2.32. The summed E-state index contributed by atoms with van der Waals surface area (Å²) in [6, 6.07) is 7.09. The summed E-state index contributed by atoms with van der Waals surface area (Å²) >= 11 is 0. The van der Waals surface area contributed by atoms with Crippen LogP contribution in [0.15, 0.2) is 24.3 Å². The molecule has 0 radical (unpaired) electrons. The van der Waals surface area contributed by atoms with E-state index in [9.17, 15) is 4.79 Å². The molecule has 114 valence electrons. The topological polar surface area (TPSA) is 65.0 Å². The van der Waals surface area contributed by atoms with Gasteiger partial charge in [-0.25, -0.2) is 4.79 Å². The Kier molecular flexibility index (Phi) is 4.04. The van der Waals surface area contributed by atoms with Crippen molar-refractivity contribution in [2.24, 2.45) is 0 Å². The van der Waals surface area contributed by atoms with Crippen LogP contribution in [0.2, 0.25) is 0 Å². The van der Waals surface area contributed by atoms with Crippen molar-refractivity contribution in [3.63, 3.8) is 0 Å². The van der Waals surface area contributed by atoms with Crippen LogP contribution in [0.25, 0.3) is 0 Å². The monoisotopic (exact) mass is 292 g/mol. The molecule has 1 aliphatic heterocycles. The highest BCUT2D eigenvalue weighted by atomic mass is 16.7. The highest BCUT2D eigenvalue weighted by Crippen LogP contribution is 2.36. The number of carbonyl (C=O) groups is 1. The van der Waals surface area contributed by atoms with Gasteiger partial charge in [-0.05, 0) is 52.2 Å². The molecule has 0 bridgehead atoms. The third-order valence-electron chi connectivity index (χ3n) is 4.07. The lowest BCUT2D eigenvalue weighted by Crippen LogP contribution is -2.41. The van der Waals surface area contributed by atoms with Gasteiger partial charge in [0.2, 0.25) is 0 Å². The van der Waals surface area contributed by atoms with Crippen LogP contribution >= 0.6 is 0 Å². The van der Waals surface area contributed by atoms with Crippen molar-refractivity contribution in [3.05, 3.63) is 24.3 Å². The summed E-state index contributed by atoms with van der Waals surface area (Å²) in [6.45, 7) is 9.49. The highest BCUT2D eigenvalue weighted by Gasteiger charge is 2.51. The summed E-state index contributed by atoms with van der Waals surface area (Å²) in [7, 11) is -0.430. The largest absolute Gasteiger partial charge is 0.494 e. The summed E-state index contributed by atoms with van der Waals surface area (Å²) < 4.78 is 17.2. The first kappa shape index (κ1) is 15.9. The van der Waals surface area contributed by atoms with Gasteiger partial charge in [-0.15, -0.1) is 0 Å². The average Bonchev–Trinajstić information content (AvgIpc) is 2.59. The van der Waals surface area contributed by atoms with E-state index in [1.54, 1.807) is 12.1 Å². The Labute approximate surface area is 125 Å². The molecule has 0 aliphatic carbocycles. The summed E-state index contributed by atoms with van der Waals surface area (Å²) in [5, 5.41) is 8.82. The molecule has 1 fully saturated rings. The van der Waals surface area contributed by atoms with E-state index < -0.39 is 19.2 Å². The lowest BCUT2D eigenvalue weighted by atomic mass is 9.79. The molecule has 21 heavy (non-hydrogen) atoms. The number of rotatable bonds is 4. The molecular formula is C15H21BO5. The quantitative estimate of drug-likeness (QED) is 0.858. The minimum atomic E-state index is -0.995. The van der Waals surface area contributed by atoms with Crippen LogP contribution in [-0.4, -0.2) is 35.5 Å². The molecule has 0 spiro atoms. The summed E-state index contributed by atoms with van der Waals surface area (Å²) in [4.78, 5) is 10.8. The smallest absolute Gasteiger partial charge is 0.479 e. The Morgan fingerprint density at radius 2 is 1.62 bits per heavy atom. The minimum Gasteiger partial charge on any atom is -0.479 e. The van der Waals surface area contributed by atoms with Crippen LogP contribution < -0.4 is 10.2 Å². The Morgan fingerprint density at radius 1 is 1.14 bits per heavy atom. The highest BCUT2D eigenvalue weighted by molar-refractivity contribution is 6.62. The van der Waals surface area contributed by atoms with Gasteiger partial charge in [-0.2, -0.15) is 0 Å². The number of benzene rings is 1. The summed E-state index contributed by atoms with van der Waals surface area (Å²) in [6.07, 6.45) is -0.882. The second-order valence-electron chi connectivity index (χ2n) is 6.26. The lowest BCUT2D eigenvalue weighted by molar-refractivity contribution is -0.144. The van der Waals surface area contributed by atoms with E-state index >= 15 is 0 Å². The van der Waals surface area contributed by atoms with Crippen molar-refractivity contribution >= 4 is 18.6 Å². The fraction of sp³-hybridized carbons (Fsp3) is 0.533. The van der Waals surface area contributed by atoms with Crippen LogP contribution in [0, 0.1) is 0 Å². The predicted molar refractivity (Wildman–Crippen MR) is 79.9 cm³/mol. The van der Waals surface area contributed by atoms with Crippen molar-refractivity contribution in [2.75, 3.05) is 0 Å². The van der Waals surface area contributed by atoms with Crippen LogP contribution in [0.1, 0.15) is 34.6 Å². The number of hydrogen-bond acceptors (Lipinski definition) is 4. The summed E-state index contributed by atoms with van der Waals surface area (Å²) in [5.74, 6) is -0.491. The molecule has 1 unspecified atom stereocenters. The van der Waals surface area contributed by atoms with Gasteiger partial charge < -0.3 is 19.2 Å². The van der Waals surface area contributed by atoms with Crippen molar-refractivity contribution in [1.82, 2.24) is 0 Å². The zero-order valence-electron chi connectivity index (χ0n) is 13.0. The molecule has 0 aromatic heterocycles. The first-order valence-corrected chi connectivity index (χ1v) is 6.97. The molecule has 1 aliphatic rings. The van der Waals surface area contributed by atoms with E-state index in [1.807, 2.05) is 39.8 Å². The Bertz CT molecular complexity index is 507.